The number of carbonyl (C=O) groups excluding carboxylic acids is 1. The smallest absolute Gasteiger partial charge is 0.248 e. The summed E-state index contributed by atoms with van der Waals surface area (Å²) in [6.45, 7) is 1.89. The molecule has 0 saturated carbocycles. The number of benzene rings is 1. The van der Waals surface area contributed by atoms with E-state index in [-0.39, 0.29) is 0 Å². The maximum absolute atomic E-state index is 11.2. The number of hydrogen-bond donors (Lipinski definition) is 1. The van der Waals surface area contributed by atoms with Gasteiger partial charge in [-0.3, -0.25) is 4.79 Å². The fraction of sp³-hybridized carbons (Fsp3) is 0.154. The highest BCUT2D eigenvalue weighted by Gasteiger charge is 2.09. The lowest BCUT2D eigenvalue weighted by Crippen LogP contribution is -2.13. The minimum Gasteiger partial charge on any atom is -0.466 e. The largest absolute Gasteiger partial charge is 0.466 e. The molecule has 0 aliphatic rings. The first-order chi connectivity index (χ1) is 7.66. The van der Waals surface area contributed by atoms with Crippen LogP contribution in [-0.2, 0) is 6.42 Å². The van der Waals surface area contributed by atoms with Gasteiger partial charge in [0.15, 0.2) is 0 Å². The van der Waals surface area contributed by atoms with Crippen molar-refractivity contribution in [3.8, 4) is 0 Å². The lowest BCUT2D eigenvalue weighted by molar-refractivity contribution is 0.0999. The molecule has 1 heterocycles. The fourth-order valence-corrected chi connectivity index (χ4v) is 1.68. The molecule has 2 aromatic rings. The van der Waals surface area contributed by atoms with Crippen molar-refractivity contribution in [1.29, 1.82) is 0 Å². The summed E-state index contributed by atoms with van der Waals surface area (Å²) < 4.78 is 5.47. The van der Waals surface area contributed by atoms with Gasteiger partial charge in [-0.05, 0) is 30.7 Å². The zero-order chi connectivity index (χ0) is 11.5. The Balaban J connectivity index is 2.31. The molecule has 0 bridgehead atoms. The highest BCUT2D eigenvalue weighted by atomic mass is 16.3. The van der Waals surface area contributed by atoms with Gasteiger partial charge in [-0.15, -0.1) is 0 Å². The second kappa shape index (κ2) is 4.23. The lowest BCUT2D eigenvalue weighted by Gasteiger charge is -2.04. The number of furan rings is 1. The Morgan fingerprint density at radius 1 is 1.25 bits per heavy atom. The second-order valence-corrected chi connectivity index (χ2v) is 3.71. The molecule has 82 valence electrons. The zero-order valence-corrected chi connectivity index (χ0v) is 9.07. The molecule has 2 N–H and O–H groups in total. The summed E-state index contributed by atoms with van der Waals surface area (Å²) in [7, 11) is 0. The number of rotatable bonds is 3. The molecule has 2 rings (SSSR count). The van der Waals surface area contributed by atoms with Crippen LogP contribution in [0, 0.1) is 6.92 Å². The molecule has 0 fully saturated rings. The standard InChI is InChI=1S/C13H13NO2/c1-9-6-7-11(16-9)8-10-4-2-3-5-12(10)13(14)15/h2-7H,8H2,1H3,(H2,14,15). The fourth-order valence-electron chi connectivity index (χ4n) is 1.68. The van der Waals surface area contributed by atoms with Crippen molar-refractivity contribution in [2.24, 2.45) is 5.73 Å². The molecule has 1 amide bonds. The molecule has 0 saturated heterocycles. The number of nitrogens with two attached hydrogens (primary N) is 1. The molecule has 0 unspecified atom stereocenters. The first-order valence-corrected chi connectivity index (χ1v) is 5.10. The van der Waals surface area contributed by atoms with E-state index < -0.39 is 5.91 Å². The van der Waals surface area contributed by atoms with E-state index in [0.29, 0.717) is 12.0 Å². The van der Waals surface area contributed by atoms with Crippen molar-refractivity contribution in [2.75, 3.05) is 0 Å². The van der Waals surface area contributed by atoms with Gasteiger partial charge in [0.25, 0.3) is 0 Å². The average molecular weight is 215 g/mol. The second-order valence-electron chi connectivity index (χ2n) is 3.71. The molecule has 1 aromatic heterocycles. The van der Waals surface area contributed by atoms with Crippen molar-refractivity contribution in [3.05, 3.63) is 59.0 Å². The van der Waals surface area contributed by atoms with Gasteiger partial charge in [0.1, 0.15) is 11.5 Å². The third-order valence-corrected chi connectivity index (χ3v) is 2.44. The monoisotopic (exact) mass is 215 g/mol. The van der Waals surface area contributed by atoms with Crippen LogP contribution in [0.4, 0.5) is 0 Å². The maximum atomic E-state index is 11.2. The van der Waals surface area contributed by atoms with Gasteiger partial charge < -0.3 is 10.2 Å². The molecule has 0 aliphatic carbocycles. The van der Waals surface area contributed by atoms with Gasteiger partial charge in [0.05, 0.1) is 0 Å². The van der Waals surface area contributed by atoms with Crippen LogP contribution in [0.15, 0.2) is 40.8 Å². The van der Waals surface area contributed by atoms with Crippen molar-refractivity contribution in [2.45, 2.75) is 13.3 Å². The van der Waals surface area contributed by atoms with Gasteiger partial charge in [-0.25, -0.2) is 0 Å². The minimum absolute atomic E-state index is 0.404. The summed E-state index contributed by atoms with van der Waals surface area (Å²) in [5.74, 6) is 1.30. The SMILES string of the molecule is Cc1ccc(Cc2ccccc2C(N)=O)o1. The summed E-state index contributed by atoms with van der Waals surface area (Å²) in [4.78, 5) is 11.2. The predicted octanol–water partition coefficient (Wildman–Crippen LogP) is 2.28. The number of carbonyl (C=O) groups is 1. The molecule has 16 heavy (non-hydrogen) atoms. The molecule has 0 aliphatic heterocycles. The Kier molecular flexibility index (Phi) is 2.77. The third-order valence-electron chi connectivity index (χ3n) is 2.44. The van der Waals surface area contributed by atoms with Gasteiger partial charge in [0.2, 0.25) is 5.91 Å². The summed E-state index contributed by atoms with van der Waals surface area (Å²) in [5, 5.41) is 0. The number of aryl methyl sites for hydroxylation is 1. The van der Waals surface area contributed by atoms with Crippen LogP contribution < -0.4 is 5.73 Å². The molecular formula is C13H13NO2. The van der Waals surface area contributed by atoms with E-state index in [0.717, 1.165) is 17.1 Å². The Morgan fingerprint density at radius 2 is 2.00 bits per heavy atom. The summed E-state index contributed by atoms with van der Waals surface area (Å²) >= 11 is 0. The van der Waals surface area contributed by atoms with Crippen LogP contribution >= 0.6 is 0 Å². The lowest BCUT2D eigenvalue weighted by atomic mass is 10.0. The van der Waals surface area contributed by atoms with Gasteiger partial charge in [-0.1, -0.05) is 18.2 Å². The van der Waals surface area contributed by atoms with Crippen molar-refractivity contribution >= 4 is 5.91 Å². The molecule has 0 spiro atoms. The van der Waals surface area contributed by atoms with Crippen LogP contribution in [0.2, 0.25) is 0 Å². The van der Waals surface area contributed by atoms with Gasteiger partial charge >= 0.3 is 0 Å². The number of primary amides is 1. The third kappa shape index (κ3) is 2.14. The van der Waals surface area contributed by atoms with Crippen molar-refractivity contribution in [1.82, 2.24) is 0 Å². The highest BCUT2D eigenvalue weighted by Crippen LogP contribution is 2.15. The average Bonchev–Trinajstić information content (AvgIpc) is 2.64. The molecule has 1 aromatic carbocycles. The van der Waals surface area contributed by atoms with Crippen LogP contribution in [-0.4, -0.2) is 5.91 Å². The Hall–Kier alpha value is -2.03. The molecule has 0 atom stereocenters. The Bertz CT molecular complexity index is 514. The van der Waals surface area contributed by atoms with E-state index >= 15 is 0 Å². The van der Waals surface area contributed by atoms with Crippen molar-refractivity contribution < 1.29 is 9.21 Å². The number of amides is 1. The van der Waals surface area contributed by atoms with E-state index in [4.69, 9.17) is 10.2 Å². The highest BCUT2D eigenvalue weighted by molar-refractivity contribution is 5.94. The van der Waals surface area contributed by atoms with Crippen LogP contribution in [0.5, 0.6) is 0 Å². The van der Waals surface area contributed by atoms with Crippen LogP contribution in [0.25, 0.3) is 0 Å². The summed E-state index contributed by atoms with van der Waals surface area (Å²) in [5.41, 5.74) is 6.75. The van der Waals surface area contributed by atoms with Gasteiger partial charge in [-0.2, -0.15) is 0 Å². The van der Waals surface area contributed by atoms with Crippen LogP contribution in [0.3, 0.4) is 0 Å². The molecular weight excluding hydrogens is 202 g/mol. The maximum Gasteiger partial charge on any atom is 0.248 e. The summed E-state index contributed by atoms with van der Waals surface area (Å²) in [6.07, 6.45) is 0.590. The Labute approximate surface area is 93.9 Å². The van der Waals surface area contributed by atoms with E-state index in [9.17, 15) is 4.79 Å². The molecule has 3 heteroatoms. The molecule has 3 nitrogen and oxygen atoms in total. The minimum atomic E-state index is -0.404. The van der Waals surface area contributed by atoms with Crippen molar-refractivity contribution in [3.63, 3.8) is 0 Å². The predicted molar refractivity (Wildman–Crippen MR) is 61.2 cm³/mol. The van der Waals surface area contributed by atoms with E-state index in [2.05, 4.69) is 0 Å². The van der Waals surface area contributed by atoms with E-state index in [1.165, 1.54) is 0 Å². The first-order valence-electron chi connectivity index (χ1n) is 5.10. The summed E-state index contributed by atoms with van der Waals surface area (Å²) in [6, 6.07) is 11.1. The first kappa shape index (κ1) is 10.5. The number of hydrogen-bond acceptors (Lipinski definition) is 2. The van der Waals surface area contributed by atoms with Gasteiger partial charge in [0, 0.05) is 12.0 Å². The Morgan fingerprint density at radius 3 is 2.62 bits per heavy atom. The van der Waals surface area contributed by atoms with E-state index in [1.54, 1.807) is 12.1 Å². The van der Waals surface area contributed by atoms with E-state index in [1.807, 2.05) is 31.2 Å². The van der Waals surface area contributed by atoms with Crippen LogP contribution in [0.1, 0.15) is 27.4 Å². The quantitative estimate of drug-likeness (QED) is 0.853. The topological polar surface area (TPSA) is 56.2 Å². The normalized spacial score (nSPS) is 10.3. The molecule has 0 radical (unpaired) electrons. The zero-order valence-electron chi connectivity index (χ0n) is 9.07.